The third-order valence-electron chi connectivity index (χ3n) is 4.56. The van der Waals surface area contributed by atoms with Gasteiger partial charge in [-0.15, -0.1) is 0 Å². The molecular formula is C20H16BrFN2O. The van der Waals surface area contributed by atoms with Crippen LogP contribution in [-0.2, 0) is 17.8 Å². The third kappa shape index (κ3) is 3.12. The molecule has 0 radical (unpaired) electrons. The molecule has 1 amide bonds. The Bertz CT molecular complexity index is 993. The minimum Gasteiger partial charge on any atom is -0.358 e. The van der Waals surface area contributed by atoms with Crippen molar-refractivity contribution in [1.82, 2.24) is 9.88 Å². The van der Waals surface area contributed by atoms with Crippen LogP contribution in [0.15, 0.2) is 53.0 Å². The standard InChI is InChI=1S/C20H16BrFN2O/c21-14-6-7-17(22)13(11-14)5-8-20(25)24-10-9-19-16(12-24)15-3-1-2-4-18(15)23-19/h1-8,11,23H,9-10,12H2. The Morgan fingerprint density at radius 2 is 2.08 bits per heavy atom. The fraction of sp³-hybridized carbons (Fsp3) is 0.150. The largest absolute Gasteiger partial charge is 0.358 e. The molecular weight excluding hydrogens is 383 g/mol. The van der Waals surface area contributed by atoms with Gasteiger partial charge in [-0.2, -0.15) is 0 Å². The molecule has 3 aromatic rings. The lowest BCUT2D eigenvalue weighted by molar-refractivity contribution is -0.126. The first-order valence-corrected chi connectivity index (χ1v) is 8.91. The highest BCUT2D eigenvalue weighted by Crippen LogP contribution is 2.27. The van der Waals surface area contributed by atoms with E-state index in [1.54, 1.807) is 17.0 Å². The van der Waals surface area contributed by atoms with Crippen LogP contribution in [0, 0.1) is 5.82 Å². The zero-order chi connectivity index (χ0) is 17.4. The van der Waals surface area contributed by atoms with Crippen molar-refractivity contribution in [2.24, 2.45) is 0 Å². The molecule has 2 aromatic carbocycles. The second-order valence-electron chi connectivity index (χ2n) is 6.14. The maximum Gasteiger partial charge on any atom is 0.246 e. The molecule has 0 saturated carbocycles. The summed E-state index contributed by atoms with van der Waals surface area (Å²) in [4.78, 5) is 17.8. The van der Waals surface area contributed by atoms with E-state index >= 15 is 0 Å². The molecule has 1 aliphatic rings. The van der Waals surface area contributed by atoms with Gasteiger partial charge in [-0.3, -0.25) is 4.79 Å². The monoisotopic (exact) mass is 398 g/mol. The van der Waals surface area contributed by atoms with Crippen molar-refractivity contribution in [3.05, 3.63) is 75.7 Å². The van der Waals surface area contributed by atoms with Crippen LogP contribution in [0.3, 0.4) is 0 Å². The molecule has 1 aromatic heterocycles. The first-order valence-electron chi connectivity index (χ1n) is 8.12. The Kier molecular flexibility index (Phi) is 4.17. The molecule has 3 nitrogen and oxygen atoms in total. The van der Waals surface area contributed by atoms with Gasteiger partial charge in [0.15, 0.2) is 0 Å². The van der Waals surface area contributed by atoms with Gasteiger partial charge in [0.25, 0.3) is 0 Å². The number of aromatic nitrogens is 1. The minimum absolute atomic E-state index is 0.102. The predicted molar refractivity (Wildman–Crippen MR) is 101 cm³/mol. The maximum atomic E-state index is 13.8. The van der Waals surface area contributed by atoms with Gasteiger partial charge in [0.1, 0.15) is 5.82 Å². The summed E-state index contributed by atoms with van der Waals surface area (Å²) in [5, 5.41) is 1.16. The highest BCUT2D eigenvalue weighted by molar-refractivity contribution is 9.10. The molecule has 0 atom stereocenters. The summed E-state index contributed by atoms with van der Waals surface area (Å²) in [6.45, 7) is 1.23. The molecule has 4 rings (SSSR count). The number of rotatable bonds is 2. The number of carbonyl (C=O) groups excluding carboxylic acids is 1. The predicted octanol–water partition coefficient (Wildman–Crippen LogP) is 4.67. The molecule has 0 saturated heterocycles. The maximum absolute atomic E-state index is 13.8. The van der Waals surface area contributed by atoms with Gasteiger partial charge in [-0.05, 0) is 30.3 Å². The van der Waals surface area contributed by atoms with Crippen molar-refractivity contribution in [2.75, 3.05) is 6.54 Å². The zero-order valence-electron chi connectivity index (χ0n) is 13.4. The summed E-state index contributed by atoms with van der Waals surface area (Å²) in [6.07, 6.45) is 3.78. The molecule has 126 valence electrons. The number of nitrogens with one attached hydrogen (secondary N) is 1. The van der Waals surface area contributed by atoms with Crippen LogP contribution in [0.2, 0.25) is 0 Å². The quantitative estimate of drug-likeness (QED) is 0.625. The number of halogens is 2. The fourth-order valence-electron chi connectivity index (χ4n) is 3.26. The van der Waals surface area contributed by atoms with Gasteiger partial charge < -0.3 is 9.88 Å². The Hall–Kier alpha value is -2.40. The summed E-state index contributed by atoms with van der Waals surface area (Å²) < 4.78 is 14.6. The number of hydrogen-bond donors (Lipinski definition) is 1. The van der Waals surface area contributed by atoms with Crippen LogP contribution in [0.25, 0.3) is 17.0 Å². The highest BCUT2D eigenvalue weighted by Gasteiger charge is 2.22. The molecule has 0 bridgehead atoms. The Morgan fingerprint density at radius 3 is 2.96 bits per heavy atom. The lowest BCUT2D eigenvalue weighted by atomic mass is 10.0. The van der Waals surface area contributed by atoms with Crippen LogP contribution in [-0.4, -0.2) is 22.3 Å². The van der Waals surface area contributed by atoms with E-state index in [9.17, 15) is 9.18 Å². The Labute approximate surface area is 153 Å². The van der Waals surface area contributed by atoms with E-state index in [0.717, 1.165) is 21.8 Å². The molecule has 5 heteroatoms. The third-order valence-corrected chi connectivity index (χ3v) is 5.05. The molecule has 2 heterocycles. The van der Waals surface area contributed by atoms with E-state index < -0.39 is 0 Å². The van der Waals surface area contributed by atoms with Crippen molar-refractivity contribution in [2.45, 2.75) is 13.0 Å². The molecule has 25 heavy (non-hydrogen) atoms. The van der Waals surface area contributed by atoms with Crippen LogP contribution >= 0.6 is 15.9 Å². The van der Waals surface area contributed by atoms with Gasteiger partial charge in [0, 0.05) is 57.8 Å². The van der Waals surface area contributed by atoms with E-state index in [-0.39, 0.29) is 11.7 Å². The number of carbonyl (C=O) groups is 1. The van der Waals surface area contributed by atoms with Gasteiger partial charge in [0.2, 0.25) is 5.91 Å². The van der Waals surface area contributed by atoms with Crippen molar-refractivity contribution < 1.29 is 9.18 Å². The van der Waals surface area contributed by atoms with Gasteiger partial charge in [0.05, 0.1) is 0 Å². The first kappa shape index (κ1) is 16.1. The summed E-state index contributed by atoms with van der Waals surface area (Å²) in [5.41, 5.74) is 3.88. The number of fused-ring (bicyclic) bond motifs is 3. The van der Waals surface area contributed by atoms with Gasteiger partial charge in [-0.1, -0.05) is 34.1 Å². The highest BCUT2D eigenvalue weighted by atomic mass is 79.9. The fourth-order valence-corrected chi connectivity index (χ4v) is 3.64. The molecule has 0 spiro atoms. The Morgan fingerprint density at radius 1 is 1.24 bits per heavy atom. The van der Waals surface area contributed by atoms with Crippen molar-refractivity contribution in [3.63, 3.8) is 0 Å². The van der Waals surface area contributed by atoms with E-state index in [2.05, 4.69) is 33.0 Å². The lowest BCUT2D eigenvalue weighted by Crippen LogP contribution is -2.34. The molecule has 0 unspecified atom stereocenters. The number of hydrogen-bond acceptors (Lipinski definition) is 1. The topological polar surface area (TPSA) is 36.1 Å². The average molecular weight is 399 g/mol. The average Bonchev–Trinajstić information content (AvgIpc) is 3.00. The molecule has 0 aliphatic carbocycles. The lowest BCUT2D eigenvalue weighted by Gasteiger charge is -2.26. The van der Waals surface area contributed by atoms with Crippen LogP contribution in [0.5, 0.6) is 0 Å². The molecule has 0 fully saturated rings. The first-order chi connectivity index (χ1) is 12.1. The number of H-pyrrole nitrogens is 1. The normalized spacial score (nSPS) is 14.2. The van der Waals surface area contributed by atoms with Crippen LogP contribution in [0.1, 0.15) is 16.8 Å². The smallest absolute Gasteiger partial charge is 0.246 e. The second-order valence-corrected chi connectivity index (χ2v) is 7.05. The minimum atomic E-state index is -0.343. The van der Waals surface area contributed by atoms with Crippen molar-refractivity contribution in [1.29, 1.82) is 0 Å². The van der Waals surface area contributed by atoms with Crippen LogP contribution < -0.4 is 0 Å². The van der Waals surface area contributed by atoms with E-state index in [4.69, 9.17) is 0 Å². The van der Waals surface area contributed by atoms with Gasteiger partial charge in [-0.25, -0.2) is 4.39 Å². The zero-order valence-corrected chi connectivity index (χ0v) is 15.0. The van der Waals surface area contributed by atoms with Crippen LogP contribution in [0.4, 0.5) is 4.39 Å². The number of aromatic amines is 1. The van der Waals surface area contributed by atoms with Crippen molar-refractivity contribution >= 4 is 38.8 Å². The summed E-state index contributed by atoms with van der Waals surface area (Å²) in [6, 6.07) is 12.8. The summed E-state index contributed by atoms with van der Waals surface area (Å²) in [7, 11) is 0. The summed E-state index contributed by atoms with van der Waals surface area (Å²) in [5.74, 6) is -0.444. The van der Waals surface area contributed by atoms with E-state index in [0.29, 0.717) is 18.7 Å². The van der Waals surface area contributed by atoms with Crippen molar-refractivity contribution in [3.8, 4) is 0 Å². The summed E-state index contributed by atoms with van der Waals surface area (Å²) >= 11 is 3.32. The number of benzene rings is 2. The molecule has 1 aliphatic heterocycles. The second kappa shape index (κ2) is 6.48. The number of para-hydroxylation sites is 1. The van der Waals surface area contributed by atoms with E-state index in [1.807, 2.05) is 12.1 Å². The number of amides is 1. The molecule has 1 N–H and O–H groups in total. The van der Waals surface area contributed by atoms with E-state index in [1.165, 1.54) is 29.5 Å². The number of nitrogens with zero attached hydrogens (tertiary/aromatic N) is 1. The SMILES string of the molecule is O=C(C=Cc1cc(Br)ccc1F)N1CCc2[nH]c3ccccc3c2C1. The Balaban J connectivity index is 1.56. The van der Waals surface area contributed by atoms with Gasteiger partial charge >= 0.3 is 0 Å².